The van der Waals surface area contributed by atoms with E-state index in [0.29, 0.717) is 18.4 Å². The maximum atomic E-state index is 13.6. The van der Waals surface area contributed by atoms with Gasteiger partial charge in [-0.15, -0.1) is 0 Å². The van der Waals surface area contributed by atoms with E-state index < -0.39 is 74.2 Å². The molecule has 5 rings (SSSR count). The zero-order valence-corrected chi connectivity index (χ0v) is 20.9. The molecule has 2 amide bonds. The van der Waals surface area contributed by atoms with Gasteiger partial charge in [0.25, 0.3) is 5.92 Å². The molecular weight excluding hydrogens is 537 g/mol. The van der Waals surface area contributed by atoms with E-state index in [4.69, 9.17) is 10.4 Å². The summed E-state index contributed by atoms with van der Waals surface area (Å²) in [7, 11) is -4.32. The molecule has 3 saturated carbocycles. The van der Waals surface area contributed by atoms with E-state index in [1.165, 1.54) is 6.07 Å². The Labute approximate surface area is 215 Å². The van der Waals surface area contributed by atoms with E-state index in [1.807, 2.05) is 6.07 Å². The number of alkyl halides is 5. The second kappa shape index (κ2) is 9.66. The van der Waals surface area contributed by atoms with Crippen LogP contribution in [0, 0.1) is 17.2 Å². The number of sulfone groups is 1. The standard InChI is InChI=1S/C19H20F5NO3S.C5H6N2O2/c20-18(21)9-25(10-18)17(26)13-3-5-14(7-13)29(27,28)16-6-4-12(11-1-2-11)8-15(16)19(22,23)24;6-3-5(1-2-5)7-4(8)9/h4,6,8,11,13-14H,1-3,5,7,9-10H2;7H,1-2H2,(H,8,9)/t13-,14-;/m1./s1. The van der Waals surface area contributed by atoms with Gasteiger partial charge in [-0.2, -0.15) is 18.4 Å². The first-order valence-electron chi connectivity index (χ1n) is 12.1. The van der Waals surface area contributed by atoms with Crippen molar-refractivity contribution in [1.29, 1.82) is 5.26 Å². The van der Waals surface area contributed by atoms with Crippen LogP contribution in [0.5, 0.6) is 0 Å². The van der Waals surface area contributed by atoms with Crippen LogP contribution in [0.25, 0.3) is 0 Å². The molecule has 3 aliphatic carbocycles. The number of benzene rings is 1. The number of hydrogen-bond donors (Lipinski definition) is 2. The Morgan fingerprint density at radius 3 is 2.18 bits per heavy atom. The normalized spacial score (nSPS) is 25.3. The molecule has 0 bridgehead atoms. The number of likely N-dealkylation sites (tertiary alicyclic amines) is 1. The molecule has 0 aromatic heterocycles. The first-order valence-corrected chi connectivity index (χ1v) is 13.7. The summed E-state index contributed by atoms with van der Waals surface area (Å²) in [5.41, 5.74) is -1.42. The predicted molar refractivity (Wildman–Crippen MR) is 122 cm³/mol. The van der Waals surface area contributed by atoms with Gasteiger partial charge in [0, 0.05) is 5.92 Å². The van der Waals surface area contributed by atoms with E-state index in [2.05, 4.69) is 5.32 Å². The fraction of sp³-hybridized carbons (Fsp3) is 0.625. The summed E-state index contributed by atoms with van der Waals surface area (Å²) in [6.45, 7) is -1.39. The molecular formula is C24H26F5N3O5S. The van der Waals surface area contributed by atoms with Gasteiger partial charge in [-0.05, 0) is 68.6 Å². The highest BCUT2D eigenvalue weighted by molar-refractivity contribution is 7.92. The van der Waals surface area contributed by atoms with Crippen LogP contribution in [-0.4, -0.2) is 60.2 Å². The third-order valence-corrected chi connectivity index (χ3v) is 9.58. The highest BCUT2D eigenvalue weighted by atomic mass is 32.2. The molecule has 4 fully saturated rings. The lowest BCUT2D eigenvalue weighted by atomic mass is 10.0. The molecule has 2 N–H and O–H groups in total. The van der Waals surface area contributed by atoms with Gasteiger partial charge >= 0.3 is 12.3 Å². The summed E-state index contributed by atoms with van der Waals surface area (Å²) in [6.07, 6.45) is -3.02. The number of nitriles is 1. The van der Waals surface area contributed by atoms with Crippen molar-refractivity contribution >= 4 is 21.8 Å². The smallest absolute Gasteiger partial charge is 0.417 e. The number of hydrogen-bond acceptors (Lipinski definition) is 5. The lowest BCUT2D eigenvalue weighted by Crippen LogP contribution is -2.59. The molecule has 1 heterocycles. The average molecular weight is 564 g/mol. The van der Waals surface area contributed by atoms with Crippen LogP contribution in [0.1, 0.15) is 62.0 Å². The Bertz CT molecular complexity index is 1260. The summed E-state index contributed by atoms with van der Waals surface area (Å²) in [5, 5.41) is 17.5. The van der Waals surface area contributed by atoms with Crippen LogP contribution < -0.4 is 5.32 Å². The SMILES string of the molecule is N#CC1(NC(=O)O)CC1.O=C([C@@H]1CC[C@@H](S(=O)(=O)c2ccc(C3CC3)cc2C(F)(F)F)C1)N1CC(F)(F)C1. The number of amides is 2. The molecule has 1 saturated heterocycles. The zero-order valence-electron chi connectivity index (χ0n) is 20.1. The van der Waals surface area contributed by atoms with E-state index in [9.17, 15) is 40.0 Å². The van der Waals surface area contributed by atoms with Crippen molar-refractivity contribution in [3.05, 3.63) is 29.3 Å². The molecule has 208 valence electrons. The highest BCUT2D eigenvalue weighted by Crippen LogP contribution is 2.45. The van der Waals surface area contributed by atoms with Crippen molar-refractivity contribution in [2.75, 3.05) is 13.1 Å². The molecule has 1 aliphatic heterocycles. The summed E-state index contributed by atoms with van der Waals surface area (Å²) < 4.78 is 92.6. The maximum absolute atomic E-state index is 13.6. The Balaban J connectivity index is 0.000000317. The van der Waals surface area contributed by atoms with E-state index in [0.717, 1.165) is 29.9 Å². The minimum absolute atomic E-state index is 0.0324. The fourth-order valence-electron chi connectivity index (χ4n) is 4.83. The van der Waals surface area contributed by atoms with Crippen LogP contribution in [-0.2, 0) is 20.8 Å². The molecule has 1 aromatic carbocycles. The van der Waals surface area contributed by atoms with Crippen LogP contribution in [0.15, 0.2) is 23.1 Å². The minimum Gasteiger partial charge on any atom is -0.465 e. The van der Waals surface area contributed by atoms with Gasteiger partial charge in [0.15, 0.2) is 9.84 Å². The Hall–Kier alpha value is -2.95. The highest BCUT2D eigenvalue weighted by Gasteiger charge is 2.50. The first kappa shape index (κ1) is 28.1. The summed E-state index contributed by atoms with van der Waals surface area (Å²) >= 11 is 0. The lowest BCUT2D eigenvalue weighted by molar-refractivity contribution is -0.169. The predicted octanol–water partition coefficient (Wildman–Crippen LogP) is 4.31. The number of halogens is 5. The topological polar surface area (TPSA) is 128 Å². The lowest BCUT2D eigenvalue weighted by Gasteiger charge is -2.40. The van der Waals surface area contributed by atoms with Crippen molar-refractivity contribution in [3.8, 4) is 6.07 Å². The van der Waals surface area contributed by atoms with Gasteiger partial charge in [0.2, 0.25) is 5.91 Å². The number of nitrogens with zero attached hydrogens (tertiary/aromatic N) is 2. The molecule has 0 radical (unpaired) electrons. The Morgan fingerprint density at radius 2 is 1.74 bits per heavy atom. The van der Waals surface area contributed by atoms with Gasteiger partial charge in [0.05, 0.1) is 34.9 Å². The van der Waals surface area contributed by atoms with Crippen molar-refractivity contribution in [3.63, 3.8) is 0 Å². The number of carbonyl (C=O) groups is 2. The summed E-state index contributed by atoms with van der Waals surface area (Å²) in [4.78, 5) is 22.5. The van der Waals surface area contributed by atoms with Gasteiger partial charge < -0.3 is 15.3 Å². The molecule has 0 unspecified atom stereocenters. The van der Waals surface area contributed by atoms with Crippen molar-refractivity contribution in [1.82, 2.24) is 10.2 Å². The molecule has 8 nitrogen and oxygen atoms in total. The van der Waals surface area contributed by atoms with Gasteiger partial charge in [-0.3, -0.25) is 4.79 Å². The molecule has 4 aliphatic rings. The van der Waals surface area contributed by atoms with Crippen molar-refractivity contribution in [2.24, 2.45) is 5.92 Å². The molecule has 14 heteroatoms. The molecule has 38 heavy (non-hydrogen) atoms. The Kier molecular flexibility index (Phi) is 7.14. The van der Waals surface area contributed by atoms with Crippen LogP contribution in [0.2, 0.25) is 0 Å². The molecule has 2 atom stereocenters. The fourth-order valence-corrected chi connectivity index (χ4v) is 6.86. The van der Waals surface area contributed by atoms with Crippen molar-refractivity contribution in [2.45, 2.75) is 78.6 Å². The van der Waals surface area contributed by atoms with E-state index in [1.54, 1.807) is 0 Å². The van der Waals surface area contributed by atoms with Crippen LogP contribution in [0.3, 0.4) is 0 Å². The summed E-state index contributed by atoms with van der Waals surface area (Å²) in [5.74, 6) is -4.19. The van der Waals surface area contributed by atoms with Crippen LogP contribution in [0.4, 0.5) is 26.7 Å². The second-order valence-electron chi connectivity index (χ2n) is 10.4. The van der Waals surface area contributed by atoms with E-state index >= 15 is 0 Å². The van der Waals surface area contributed by atoms with Gasteiger partial charge in [-0.25, -0.2) is 22.0 Å². The van der Waals surface area contributed by atoms with Gasteiger partial charge in [-0.1, -0.05) is 6.07 Å². The third kappa shape index (κ3) is 6.03. The average Bonchev–Trinajstić information content (AvgIpc) is 3.74. The minimum atomic E-state index is -4.82. The van der Waals surface area contributed by atoms with Crippen LogP contribution >= 0.6 is 0 Å². The number of carbonyl (C=O) groups excluding carboxylic acids is 1. The molecule has 0 spiro atoms. The van der Waals surface area contributed by atoms with Crippen molar-refractivity contribution < 1.29 is 45.1 Å². The third-order valence-electron chi connectivity index (χ3n) is 7.30. The first-order chi connectivity index (χ1) is 17.6. The molecule has 1 aromatic rings. The maximum Gasteiger partial charge on any atom is 0.417 e. The summed E-state index contributed by atoms with van der Waals surface area (Å²) in [6, 6.07) is 5.27. The largest absolute Gasteiger partial charge is 0.465 e. The second-order valence-corrected chi connectivity index (χ2v) is 12.6. The zero-order chi connectivity index (χ0) is 28.1. The number of nitrogens with one attached hydrogen (secondary N) is 1. The van der Waals surface area contributed by atoms with Gasteiger partial charge in [0.1, 0.15) is 5.54 Å². The monoisotopic (exact) mass is 563 g/mol. The Morgan fingerprint density at radius 1 is 1.11 bits per heavy atom. The number of carboxylic acid groups (broad SMARTS) is 1. The number of rotatable bonds is 5. The quantitative estimate of drug-likeness (QED) is 0.514. The van der Waals surface area contributed by atoms with E-state index in [-0.39, 0.29) is 25.2 Å².